The van der Waals surface area contributed by atoms with Crippen LogP contribution in [0.5, 0.6) is 0 Å². The van der Waals surface area contributed by atoms with Crippen LogP contribution in [-0.2, 0) is 6.42 Å². The maximum Gasteiger partial charge on any atom is 0.0842 e. The van der Waals surface area contributed by atoms with Crippen LogP contribution in [0.2, 0.25) is 0 Å². The summed E-state index contributed by atoms with van der Waals surface area (Å²) in [4.78, 5) is 0. The molecular weight excluding hydrogens is 236 g/mol. The van der Waals surface area contributed by atoms with E-state index < -0.39 is 5.60 Å². The first-order valence-corrected chi connectivity index (χ1v) is 7.44. The highest BCUT2D eigenvalue weighted by Crippen LogP contribution is 2.40. The van der Waals surface area contributed by atoms with E-state index in [1.165, 1.54) is 11.1 Å². The highest BCUT2D eigenvalue weighted by atomic mass is 16.3. The van der Waals surface area contributed by atoms with Crippen molar-refractivity contribution in [3.63, 3.8) is 0 Å². The molecule has 1 atom stereocenters. The van der Waals surface area contributed by atoms with Crippen LogP contribution in [0.25, 0.3) is 0 Å². The Kier molecular flexibility index (Phi) is 3.61. The summed E-state index contributed by atoms with van der Waals surface area (Å²) in [5.41, 5.74) is 2.12. The van der Waals surface area contributed by atoms with Gasteiger partial charge in [0.15, 0.2) is 0 Å². The molecule has 0 radical (unpaired) electrons. The van der Waals surface area contributed by atoms with Crippen molar-refractivity contribution in [3.05, 3.63) is 35.4 Å². The predicted octanol–water partition coefficient (Wildman–Crippen LogP) is 1.77. The molecule has 1 heterocycles. The van der Waals surface area contributed by atoms with Gasteiger partial charge in [-0.1, -0.05) is 24.3 Å². The number of rotatable bonds is 2. The van der Waals surface area contributed by atoms with Crippen LogP contribution in [0.15, 0.2) is 24.3 Å². The third kappa shape index (κ3) is 2.42. The zero-order chi connectivity index (χ0) is 13.3. The van der Waals surface area contributed by atoms with Crippen LogP contribution in [-0.4, -0.2) is 30.3 Å². The van der Waals surface area contributed by atoms with Gasteiger partial charge in [-0.15, -0.1) is 0 Å². The number of hydrogen-bond acceptors (Lipinski definition) is 3. The van der Waals surface area contributed by atoms with Gasteiger partial charge in [0.1, 0.15) is 0 Å². The van der Waals surface area contributed by atoms with Crippen molar-refractivity contribution in [1.82, 2.24) is 10.6 Å². The van der Waals surface area contributed by atoms with Gasteiger partial charge in [0, 0.05) is 6.04 Å². The highest BCUT2D eigenvalue weighted by Gasteiger charge is 2.42. The second-order valence-corrected chi connectivity index (χ2v) is 6.00. The molecule has 1 unspecified atom stereocenters. The monoisotopic (exact) mass is 260 g/mol. The van der Waals surface area contributed by atoms with Crippen molar-refractivity contribution in [2.75, 3.05) is 13.6 Å². The summed E-state index contributed by atoms with van der Waals surface area (Å²) in [5.74, 6) is 0. The van der Waals surface area contributed by atoms with E-state index in [1.807, 2.05) is 7.05 Å². The molecule has 19 heavy (non-hydrogen) atoms. The molecule has 0 aromatic heterocycles. The van der Waals surface area contributed by atoms with E-state index in [1.54, 1.807) is 0 Å². The first-order valence-electron chi connectivity index (χ1n) is 7.44. The summed E-state index contributed by atoms with van der Waals surface area (Å²) >= 11 is 0. The molecule has 1 aromatic carbocycles. The fourth-order valence-corrected chi connectivity index (χ4v) is 3.68. The zero-order valence-corrected chi connectivity index (χ0v) is 11.7. The number of fused-ring (bicyclic) bond motifs is 1. The summed E-state index contributed by atoms with van der Waals surface area (Å²) in [6.45, 7) is 0.972. The van der Waals surface area contributed by atoms with Crippen molar-refractivity contribution in [3.8, 4) is 0 Å². The summed E-state index contributed by atoms with van der Waals surface area (Å²) < 4.78 is 0. The van der Waals surface area contributed by atoms with Crippen molar-refractivity contribution >= 4 is 0 Å². The minimum Gasteiger partial charge on any atom is -0.388 e. The quantitative estimate of drug-likeness (QED) is 0.759. The molecule has 0 spiro atoms. The lowest BCUT2D eigenvalue weighted by Gasteiger charge is -2.44. The molecule has 1 fully saturated rings. The molecule has 3 rings (SSSR count). The van der Waals surface area contributed by atoms with Crippen LogP contribution in [0, 0.1) is 0 Å². The third-order valence-corrected chi connectivity index (χ3v) is 4.91. The first-order chi connectivity index (χ1) is 9.23. The molecule has 1 saturated carbocycles. The summed E-state index contributed by atoms with van der Waals surface area (Å²) in [5, 5.41) is 17.9. The molecule has 0 bridgehead atoms. The van der Waals surface area contributed by atoms with E-state index >= 15 is 0 Å². The van der Waals surface area contributed by atoms with E-state index in [4.69, 9.17) is 0 Å². The summed E-state index contributed by atoms with van der Waals surface area (Å²) in [6.07, 6.45) is 4.96. The normalized spacial score (nSPS) is 34.8. The number of hydrogen-bond donors (Lipinski definition) is 3. The Bertz CT molecular complexity index is 438. The van der Waals surface area contributed by atoms with Crippen LogP contribution in [0.4, 0.5) is 0 Å². The number of benzene rings is 1. The third-order valence-electron chi connectivity index (χ3n) is 4.91. The van der Waals surface area contributed by atoms with Crippen molar-refractivity contribution < 1.29 is 5.11 Å². The van der Waals surface area contributed by atoms with Gasteiger partial charge in [-0.05, 0) is 56.8 Å². The van der Waals surface area contributed by atoms with E-state index in [0.717, 1.165) is 38.6 Å². The molecule has 3 N–H and O–H groups in total. The Hall–Kier alpha value is -0.900. The van der Waals surface area contributed by atoms with Gasteiger partial charge in [0.25, 0.3) is 0 Å². The maximum atomic E-state index is 11.1. The van der Waals surface area contributed by atoms with E-state index in [2.05, 4.69) is 34.9 Å². The van der Waals surface area contributed by atoms with Gasteiger partial charge in [-0.2, -0.15) is 0 Å². The van der Waals surface area contributed by atoms with Crippen molar-refractivity contribution in [2.45, 2.75) is 49.8 Å². The molecule has 104 valence electrons. The molecule has 2 aliphatic rings. The standard InChI is InChI=1S/C16H24N2O/c1-17-13-6-9-16(19,10-7-13)15-14-5-3-2-4-12(14)8-11-18-15/h2-5,13,15,17-19H,6-11H2,1H3. The first kappa shape index (κ1) is 13.1. The summed E-state index contributed by atoms with van der Waals surface area (Å²) in [7, 11) is 2.02. The van der Waals surface area contributed by atoms with E-state index in [0.29, 0.717) is 6.04 Å². The number of nitrogens with one attached hydrogen (secondary N) is 2. The Balaban J connectivity index is 1.83. The average Bonchev–Trinajstić information content (AvgIpc) is 2.47. The lowest BCUT2D eigenvalue weighted by atomic mass is 9.73. The zero-order valence-electron chi connectivity index (χ0n) is 11.7. The molecule has 0 saturated heterocycles. The van der Waals surface area contributed by atoms with E-state index in [-0.39, 0.29) is 6.04 Å². The largest absolute Gasteiger partial charge is 0.388 e. The Morgan fingerprint density at radius 3 is 2.74 bits per heavy atom. The molecule has 1 aliphatic heterocycles. The molecule has 1 aliphatic carbocycles. The highest BCUT2D eigenvalue weighted by molar-refractivity contribution is 5.34. The van der Waals surface area contributed by atoms with Crippen LogP contribution < -0.4 is 10.6 Å². The maximum absolute atomic E-state index is 11.1. The lowest BCUT2D eigenvalue weighted by Crippen LogP contribution is -2.50. The molecule has 3 nitrogen and oxygen atoms in total. The van der Waals surface area contributed by atoms with Gasteiger partial charge in [-0.3, -0.25) is 0 Å². The summed E-state index contributed by atoms with van der Waals surface area (Å²) in [6, 6.07) is 9.24. The lowest BCUT2D eigenvalue weighted by molar-refractivity contribution is -0.0388. The topological polar surface area (TPSA) is 44.3 Å². The second kappa shape index (κ2) is 5.23. The van der Waals surface area contributed by atoms with Gasteiger partial charge < -0.3 is 15.7 Å². The van der Waals surface area contributed by atoms with Gasteiger partial charge >= 0.3 is 0 Å². The Morgan fingerprint density at radius 2 is 2.00 bits per heavy atom. The predicted molar refractivity (Wildman–Crippen MR) is 77.2 cm³/mol. The minimum absolute atomic E-state index is 0.107. The van der Waals surface area contributed by atoms with Gasteiger partial charge in [-0.25, -0.2) is 0 Å². The molecular formula is C16H24N2O. The van der Waals surface area contributed by atoms with Gasteiger partial charge in [0.05, 0.1) is 11.6 Å². The SMILES string of the molecule is CNC1CCC(O)(C2NCCc3ccccc32)CC1. The minimum atomic E-state index is -0.579. The van der Waals surface area contributed by atoms with Crippen molar-refractivity contribution in [2.24, 2.45) is 0 Å². The molecule has 3 heteroatoms. The fourth-order valence-electron chi connectivity index (χ4n) is 3.68. The van der Waals surface area contributed by atoms with Crippen molar-refractivity contribution in [1.29, 1.82) is 0 Å². The van der Waals surface area contributed by atoms with Crippen LogP contribution >= 0.6 is 0 Å². The average molecular weight is 260 g/mol. The van der Waals surface area contributed by atoms with E-state index in [9.17, 15) is 5.11 Å². The number of aliphatic hydroxyl groups is 1. The molecule has 0 amide bonds. The van der Waals surface area contributed by atoms with Gasteiger partial charge in [0.2, 0.25) is 0 Å². The Morgan fingerprint density at radius 1 is 1.26 bits per heavy atom. The molecule has 1 aromatic rings. The Labute approximate surface area is 115 Å². The van der Waals surface area contributed by atoms with Crippen LogP contribution in [0.3, 0.4) is 0 Å². The smallest absolute Gasteiger partial charge is 0.0842 e. The van der Waals surface area contributed by atoms with Crippen LogP contribution in [0.1, 0.15) is 42.9 Å². The second-order valence-electron chi connectivity index (χ2n) is 6.00. The fraction of sp³-hybridized carbons (Fsp3) is 0.625.